The first-order chi connectivity index (χ1) is 17.1. The van der Waals surface area contributed by atoms with Crippen molar-refractivity contribution in [2.75, 3.05) is 41.3 Å². The van der Waals surface area contributed by atoms with Crippen LogP contribution in [0.25, 0.3) is 0 Å². The van der Waals surface area contributed by atoms with Crippen LogP contribution in [0.3, 0.4) is 0 Å². The highest BCUT2D eigenvalue weighted by Gasteiger charge is 2.20. The van der Waals surface area contributed by atoms with Crippen LogP contribution < -0.4 is 14.9 Å². The van der Waals surface area contributed by atoms with E-state index in [1.54, 1.807) is 12.1 Å². The largest absolute Gasteiger partial charge is 0.364 e. The van der Waals surface area contributed by atoms with Crippen LogP contribution in [-0.4, -0.2) is 60.6 Å². The van der Waals surface area contributed by atoms with Crippen molar-refractivity contribution in [1.82, 2.24) is 19.9 Å². The van der Waals surface area contributed by atoms with Gasteiger partial charge in [-0.05, 0) is 43.5 Å². The number of likely N-dealkylation sites (tertiary alicyclic amines) is 1. The van der Waals surface area contributed by atoms with E-state index in [4.69, 9.17) is 11.6 Å². The highest BCUT2D eigenvalue weighted by atomic mass is 35.5. The third-order valence-electron chi connectivity index (χ3n) is 5.98. The molecule has 12 heteroatoms. The molecule has 4 rings (SSSR count). The van der Waals surface area contributed by atoms with Crippen LogP contribution in [0.2, 0.25) is 5.02 Å². The third kappa shape index (κ3) is 5.85. The summed E-state index contributed by atoms with van der Waals surface area (Å²) >= 11 is 6.32. The molecule has 0 saturated carbocycles. The van der Waals surface area contributed by atoms with Gasteiger partial charge >= 0.3 is 0 Å². The fraction of sp³-hybridized carbons (Fsp3) is 0.333. The van der Waals surface area contributed by atoms with Crippen molar-refractivity contribution in [2.45, 2.75) is 26.3 Å². The SMILES string of the molecule is Cc1ccc(C(=O)N2CCCC2)cc1Nc1ncc(Cl)c(NCc2cccnc2N(C)S(C)(=O)=O)n1. The normalized spacial score (nSPS) is 13.5. The average Bonchev–Trinajstić information content (AvgIpc) is 3.39. The number of hydrogen-bond donors (Lipinski definition) is 2. The lowest BCUT2D eigenvalue weighted by molar-refractivity contribution is 0.0793. The van der Waals surface area contributed by atoms with Gasteiger partial charge in [0.25, 0.3) is 5.91 Å². The van der Waals surface area contributed by atoms with E-state index >= 15 is 0 Å². The number of carbonyl (C=O) groups is 1. The molecule has 2 aromatic heterocycles. The third-order valence-corrected chi connectivity index (χ3v) is 7.42. The van der Waals surface area contributed by atoms with Crippen LogP contribution in [-0.2, 0) is 16.6 Å². The van der Waals surface area contributed by atoms with Gasteiger partial charge in [0.05, 0.1) is 12.5 Å². The Hall–Kier alpha value is -3.44. The minimum Gasteiger partial charge on any atom is -0.364 e. The van der Waals surface area contributed by atoms with Gasteiger partial charge in [0, 0.05) is 49.7 Å². The van der Waals surface area contributed by atoms with Crippen LogP contribution in [0.15, 0.2) is 42.7 Å². The maximum atomic E-state index is 12.8. The lowest BCUT2D eigenvalue weighted by atomic mass is 10.1. The number of sulfonamides is 1. The van der Waals surface area contributed by atoms with Crippen molar-refractivity contribution in [3.05, 3.63) is 64.4 Å². The van der Waals surface area contributed by atoms with Crippen molar-refractivity contribution in [2.24, 2.45) is 0 Å². The molecule has 1 amide bonds. The molecule has 3 heterocycles. The van der Waals surface area contributed by atoms with E-state index in [-0.39, 0.29) is 12.5 Å². The molecule has 2 N–H and O–H groups in total. The van der Waals surface area contributed by atoms with Gasteiger partial charge in [0.2, 0.25) is 16.0 Å². The lowest BCUT2D eigenvalue weighted by Crippen LogP contribution is -2.27. The van der Waals surface area contributed by atoms with Crippen LogP contribution in [0.4, 0.5) is 23.3 Å². The molecular formula is C24H28ClN7O3S. The van der Waals surface area contributed by atoms with E-state index in [2.05, 4.69) is 25.6 Å². The number of nitrogens with one attached hydrogen (secondary N) is 2. The number of halogens is 1. The standard InChI is InChI=1S/C24H28ClN7O3S/c1-16-8-9-17(23(33)32-11-4-5-12-32)13-20(16)29-24-28-15-19(25)21(30-24)27-14-18-7-6-10-26-22(18)31(2)36(3,34)35/h6-10,13,15H,4-5,11-12,14H2,1-3H3,(H2,27,28,29,30). The predicted octanol–water partition coefficient (Wildman–Crippen LogP) is 3.82. The maximum absolute atomic E-state index is 12.8. The number of amides is 1. The van der Waals surface area contributed by atoms with Crippen LogP contribution >= 0.6 is 11.6 Å². The molecule has 1 aliphatic heterocycles. The molecule has 0 unspecified atom stereocenters. The number of hydrogen-bond acceptors (Lipinski definition) is 8. The molecule has 0 spiro atoms. The molecule has 1 aromatic carbocycles. The first-order valence-electron chi connectivity index (χ1n) is 11.4. The fourth-order valence-electron chi connectivity index (χ4n) is 3.85. The summed E-state index contributed by atoms with van der Waals surface area (Å²) in [6.45, 7) is 3.73. The summed E-state index contributed by atoms with van der Waals surface area (Å²) < 4.78 is 25.1. The van der Waals surface area contributed by atoms with Crippen molar-refractivity contribution < 1.29 is 13.2 Å². The second-order valence-corrected chi connectivity index (χ2v) is 11.0. The van der Waals surface area contributed by atoms with Crippen molar-refractivity contribution >= 4 is 50.8 Å². The van der Waals surface area contributed by atoms with Crippen molar-refractivity contribution in [3.8, 4) is 0 Å². The summed E-state index contributed by atoms with van der Waals surface area (Å²) in [5.41, 5.74) is 2.91. The number of benzene rings is 1. The van der Waals surface area contributed by atoms with Gasteiger partial charge in [-0.25, -0.2) is 18.4 Å². The minimum absolute atomic E-state index is 0.0151. The maximum Gasteiger partial charge on any atom is 0.253 e. The molecule has 0 bridgehead atoms. The molecule has 1 saturated heterocycles. The summed E-state index contributed by atoms with van der Waals surface area (Å²) in [5.74, 6) is 0.996. The Morgan fingerprint density at radius 2 is 1.94 bits per heavy atom. The van der Waals surface area contributed by atoms with E-state index in [9.17, 15) is 13.2 Å². The molecular weight excluding hydrogens is 502 g/mol. The number of aryl methyl sites for hydroxylation is 1. The molecule has 0 aliphatic carbocycles. The minimum atomic E-state index is -3.48. The van der Waals surface area contributed by atoms with Gasteiger partial charge in [-0.2, -0.15) is 4.98 Å². The summed E-state index contributed by atoms with van der Waals surface area (Å²) in [4.78, 5) is 27.6. The van der Waals surface area contributed by atoms with Crippen LogP contribution in [0.5, 0.6) is 0 Å². The van der Waals surface area contributed by atoms with Gasteiger partial charge in [0.1, 0.15) is 10.8 Å². The van der Waals surface area contributed by atoms with Gasteiger partial charge < -0.3 is 15.5 Å². The Morgan fingerprint density at radius 1 is 1.19 bits per heavy atom. The molecule has 0 atom stereocenters. The highest BCUT2D eigenvalue weighted by Crippen LogP contribution is 2.26. The number of anilines is 4. The summed E-state index contributed by atoms with van der Waals surface area (Å²) in [7, 11) is -2.03. The quantitative estimate of drug-likeness (QED) is 0.452. The first kappa shape index (κ1) is 25.6. The van der Waals surface area contributed by atoms with Gasteiger partial charge in [0.15, 0.2) is 5.82 Å². The fourth-order valence-corrected chi connectivity index (χ4v) is 4.49. The van der Waals surface area contributed by atoms with E-state index < -0.39 is 10.0 Å². The Labute approximate surface area is 215 Å². The molecule has 36 heavy (non-hydrogen) atoms. The number of nitrogens with zero attached hydrogens (tertiary/aromatic N) is 5. The predicted molar refractivity (Wildman–Crippen MR) is 141 cm³/mol. The number of pyridine rings is 1. The zero-order chi connectivity index (χ0) is 25.9. The Morgan fingerprint density at radius 3 is 2.67 bits per heavy atom. The summed E-state index contributed by atoms with van der Waals surface area (Å²) in [5, 5.41) is 6.62. The second kappa shape index (κ2) is 10.7. The molecule has 10 nitrogen and oxygen atoms in total. The first-order valence-corrected chi connectivity index (χ1v) is 13.7. The Balaban J connectivity index is 1.52. The number of carbonyl (C=O) groups excluding carboxylic acids is 1. The van der Waals surface area contributed by atoms with Crippen LogP contribution in [0.1, 0.15) is 34.3 Å². The zero-order valence-electron chi connectivity index (χ0n) is 20.3. The zero-order valence-corrected chi connectivity index (χ0v) is 21.9. The number of aromatic nitrogens is 3. The molecule has 3 aromatic rings. The topological polar surface area (TPSA) is 120 Å². The monoisotopic (exact) mass is 529 g/mol. The molecule has 0 radical (unpaired) electrons. The molecule has 1 fully saturated rings. The Bertz CT molecular complexity index is 1380. The lowest BCUT2D eigenvalue weighted by Gasteiger charge is -2.19. The van der Waals surface area contributed by atoms with Gasteiger partial charge in [-0.1, -0.05) is 23.7 Å². The molecule has 190 valence electrons. The average molecular weight is 530 g/mol. The van der Waals surface area contributed by atoms with E-state index in [0.717, 1.165) is 47.7 Å². The van der Waals surface area contributed by atoms with Gasteiger partial charge in [-0.3, -0.25) is 9.10 Å². The highest BCUT2D eigenvalue weighted by molar-refractivity contribution is 7.92. The van der Waals surface area contributed by atoms with Crippen molar-refractivity contribution in [1.29, 1.82) is 0 Å². The smallest absolute Gasteiger partial charge is 0.253 e. The number of rotatable bonds is 8. The molecule has 1 aliphatic rings. The van der Waals surface area contributed by atoms with Crippen molar-refractivity contribution in [3.63, 3.8) is 0 Å². The van der Waals surface area contributed by atoms with E-state index in [1.807, 2.05) is 30.0 Å². The van der Waals surface area contributed by atoms with Crippen LogP contribution in [0, 0.1) is 6.92 Å². The second-order valence-electron chi connectivity index (χ2n) is 8.61. The summed E-state index contributed by atoms with van der Waals surface area (Å²) in [6.07, 6.45) is 6.18. The van der Waals surface area contributed by atoms with E-state index in [0.29, 0.717) is 33.7 Å². The van der Waals surface area contributed by atoms with E-state index in [1.165, 1.54) is 19.4 Å². The summed E-state index contributed by atoms with van der Waals surface area (Å²) in [6, 6.07) is 9.03. The Kier molecular flexibility index (Phi) is 7.60. The van der Waals surface area contributed by atoms with Gasteiger partial charge in [-0.15, -0.1) is 0 Å².